The van der Waals surface area contributed by atoms with Gasteiger partial charge >= 0.3 is 0 Å². The number of nitrogens with one attached hydrogen (secondary N) is 1. The summed E-state index contributed by atoms with van der Waals surface area (Å²) in [5.41, 5.74) is 0.973. The molecule has 1 fully saturated rings. The normalized spacial score (nSPS) is 17.5. The van der Waals surface area contributed by atoms with E-state index < -0.39 is 0 Å². The molecule has 2 aromatic rings. The Morgan fingerprint density at radius 3 is 3.00 bits per heavy atom. The fourth-order valence-corrected chi connectivity index (χ4v) is 2.68. The maximum Gasteiger partial charge on any atom is 0.225 e. The summed E-state index contributed by atoms with van der Waals surface area (Å²) in [4.78, 5) is 30.0. The van der Waals surface area contributed by atoms with Crippen LogP contribution < -0.4 is 5.32 Å². The van der Waals surface area contributed by atoms with Crippen LogP contribution in [-0.4, -0.2) is 44.6 Å². The predicted molar refractivity (Wildman–Crippen MR) is 83.0 cm³/mol. The van der Waals surface area contributed by atoms with E-state index in [9.17, 15) is 9.59 Å². The SMILES string of the molecule is O=C(NCCn1cccn1)C1CC(=O)N(Cc2cccnc2)C1. The van der Waals surface area contributed by atoms with Crippen molar-refractivity contribution in [2.45, 2.75) is 19.5 Å². The molecule has 1 unspecified atom stereocenters. The van der Waals surface area contributed by atoms with Crippen LogP contribution in [0.25, 0.3) is 0 Å². The number of nitrogens with zero attached hydrogens (tertiary/aromatic N) is 4. The van der Waals surface area contributed by atoms with Crippen molar-refractivity contribution < 1.29 is 9.59 Å². The van der Waals surface area contributed by atoms with Gasteiger partial charge in [-0.15, -0.1) is 0 Å². The molecule has 1 aliphatic heterocycles. The molecule has 3 heterocycles. The Morgan fingerprint density at radius 2 is 2.26 bits per heavy atom. The predicted octanol–water partition coefficient (Wildman–Crippen LogP) is 0.443. The molecule has 0 aliphatic carbocycles. The highest BCUT2D eigenvalue weighted by atomic mass is 16.2. The molecule has 0 spiro atoms. The lowest BCUT2D eigenvalue weighted by Gasteiger charge is -2.16. The van der Waals surface area contributed by atoms with Gasteiger partial charge in [0.1, 0.15) is 0 Å². The molecule has 7 heteroatoms. The van der Waals surface area contributed by atoms with E-state index in [-0.39, 0.29) is 24.2 Å². The summed E-state index contributed by atoms with van der Waals surface area (Å²) in [6.45, 7) is 2.09. The van der Waals surface area contributed by atoms with Crippen molar-refractivity contribution in [2.75, 3.05) is 13.1 Å². The molecule has 120 valence electrons. The molecule has 2 aromatic heterocycles. The lowest BCUT2D eigenvalue weighted by atomic mass is 10.1. The molecule has 0 saturated carbocycles. The Labute approximate surface area is 134 Å². The van der Waals surface area contributed by atoms with E-state index in [1.807, 2.05) is 24.4 Å². The Hall–Kier alpha value is -2.70. The van der Waals surface area contributed by atoms with Crippen molar-refractivity contribution in [3.63, 3.8) is 0 Å². The molecule has 3 rings (SSSR count). The third-order valence-electron chi connectivity index (χ3n) is 3.88. The number of hydrogen-bond donors (Lipinski definition) is 1. The zero-order valence-electron chi connectivity index (χ0n) is 12.8. The Kier molecular flexibility index (Phi) is 4.65. The van der Waals surface area contributed by atoms with Gasteiger partial charge in [0.15, 0.2) is 0 Å². The maximum absolute atomic E-state index is 12.2. The van der Waals surface area contributed by atoms with E-state index in [0.717, 1.165) is 5.56 Å². The quantitative estimate of drug-likeness (QED) is 0.839. The topological polar surface area (TPSA) is 80.1 Å². The van der Waals surface area contributed by atoms with Gasteiger partial charge in [0, 0.05) is 50.8 Å². The number of rotatable bonds is 6. The molecule has 23 heavy (non-hydrogen) atoms. The second-order valence-electron chi connectivity index (χ2n) is 5.60. The van der Waals surface area contributed by atoms with Crippen molar-refractivity contribution >= 4 is 11.8 Å². The first kappa shape index (κ1) is 15.2. The van der Waals surface area contributed by atoms with Gasteiger partial charge in [-0.05, 0) is 17.7 Å². The van der Waals surface area contributed by atoms with Crippen molar-refractivity contribution in [1.82, 2.24) is 25.0 Å². The molecular formula is C16H19N5O2. The second-order valence-corrected chi connectivity index (χ2v) is 5.60. The first-order chi connectivity index (χ1) is 11.2. The van der Waals surface area contributed by atoms with Gasteiger partial charge in [-0.1, -0.05) is 6.07 Å². The standard InChI is InChI=1S/C16H19N5O2/c22-15-9-14(12-20(15)11-13-3-1-4-17-10-13)16(23)18-6-8-21-7-2-5-19-21/h1-5,7,10,14H,6,8-9,11-12H2,(H,18,23). The number of pyridine rings is 1. The Morgan fingerprint density at radius 1 is 1.35 bits per heavy atom. The molecule has 0 bridgehead atoms. The number of carbonyl (C=O) groups is 2. The fraction of sp³-hybridized carbons (Fsp3) is 0.375. The maximum atomic E-state index is 12.2. The molecule has 0 aromatic carbocycles. The van der Waals surface area contributed by atoms with Crippen LogP contribution >= 0.6 is 0 Å². The number of amides is 2. The van der Waals surface area contributed by atoms with E-state index in [4.69, 9.17) is 0 Å². The van der Waals surface area contributed by atoms with Crippen LogP contribution in [0.5, 0.6) is 0 Å². The summed E-state index contributed by atoms with van der Waals surface area (Å²) in [5, 5.41) is 6.96. The molecule has 2 amide bonds. The zero-order chi connectivity index (χ0) is 16.1. The van der Waals surface area contributed by atoms with Gasteiger partial charge in [0.2, 0.25) is 11.8 Å². The number of likely N-dealkylation sites (tertiary alicyclic amines) is 1. The van der Waals surface area contributed by atoms with Crippen molar-refractivity contribution in [3.05, 3.63) is 48.5 Å². The molecule has 1 aliphatic rings. The first-order valence-corrected chi connectivity index (χ1v) is 7.64. The highest BCUT2D eigenvalue weighted by Gasteiger charge is 2.33. The van der Waals surface area contributed by atoms with Crippen molar-refractivity contribution in [2.24, 2.45) is 5.92 Å². The van der Waals surface area contributed by atoms with Crippen LogP contribution in [-0.2, 0) is 22.7 Å². The van der Waals surface area contributed by atoms with Crippen LogP contribution in [0.4, 0.5) is 0 Å². The largest absolute Gasteiger partial charge is 0.354 e. The van der Waals surface area contributed by atoms with Gasteiger partial charge in [-0.3, -0.25) is 19.3 Å². The third-order valence-corrected chi connectivity index (χ3v) is 3.88. The van der Waals surface area contributed by atoms with Gasteiger partial charge in [-0.25, -0.2) is 0 Å². The molecule has 1 atom stereocenters. The van der Waals surface area contributed by atoms with Crippen LogP contribution in [0.2, 0.25) is 0 Å². The Bertz CT molecular complexity index is 656. The number of carbonyl (C=O) groups excluding carboxylic acids is 2. The lowest BCUT2D eigenvalue weighted by Crippen LogP contribution is -2.34. The van der Waals surface area contributed by atoms with Crippen LogP contribution in [0, 0.1) is 5.92 Å². The highest BCUT2D eigenvalue weighted by molar-refractivity contribution is 5.89. The molecule has 7 nitrogen and oxygen atoms in total. The van der Waals surface area contributed by atoms with Crippen molar-refractivity contribution in [3.8, 4) is 0 Å². The summed E-state index contributed by atoms with van der Waals surface area (Å²) in [6.07, 6.45) is 7.26. The van der Waals surface area contributed by atoms with E-state index in [0.29, 0.717) is 26.2 Å². The average molecular weight is 313 g/mol. The van der Waals surface area contributed by atoms with Gasteiger partial charge in [-0.2, -0.15) is 5.10 Å². The summed E-state index contributed by atoms with van der Waals surface area (Å²) < 4.78 is 1.76. The van der Waals surface area contributed by atoms with Gasteiger partial charge in [0.05, 0.1) is 12.5 Å². The average Bonchev–Trinajstić information content (AvgIpc) is 3.19. The lowest BCUT2D eigenvalue weighted by molar-refractivity contribution is -0.129. The molecular weight excluding hydrogens is 294 g/mol. The number of aromatic nitrogens is 3. The first-order valence-electron chi connectivity index (χ1n) is 7.64. The summed E-state index contributed by atoms with van der Waals surface area (Å²) in [7, 11) is 0. The monoisotopic (exact) mass is 313 g/mol. The summed E-state index contributed by atoms with van der Waals surface area (Å²) in [6, 6.07) is 5.61. The van der Waals surface area contributed by atoms with E-state index in [1.54, 1.807) is 28.2 Å². The minimum atomic E-state index is -0.281. The van der Waals surface area contributed by atoms with E-state index in [2.05, 4.69) is 15.4 Å². The Balaban J connectivity index is 1.47. The minimum absolute atomic E-state index is 0.0149. The fourth-order valence-electron chi connectivity index (χ4n) is 2.68. The number of hydrogen-bond acceptors (Lipinski definition) is 4. The minimum Gasteiger partial charge on any atom is -0.354 e. The van der Waals surface area contributed by atoms with Crippen LogP contribution in [0.1, 0.15) is 12.0 Å². The molecule has 0 radical (unpaired) electrons. The van der Waals surface area contributed by atoms with E-state index >= 15 is 0 Å². The van der Waals surface area contributed by atoms with Crippen molar-refractivity contribution in [1.29, 1.82) is 0 Å². The van der Waals surface area contributed by atoms with Gasteiger partial charge in [0.25, 0.3) is 0 Å². The summed E-state index contributed by atoms with van der Waals surface area (Å²) >= 11 is 0. The van der Waals surface area contributed by atoms with Gasteiger partial charge < -0.3 is 10.2 Å². The second kappa shape index (κ2) is 7.04. The smallest absolute Gasteiger partial charge is 0.225 e. The van der Waals surface area contributed by atoms with Crippen LogP contribution in [0.15, 0.2) is 43.0 Å². The summed E-state index contributed by atoms with van der Waals surface area (Å²) in [5.74, 6) is -0.336. The highest BCUT2D eigenvalue weighted by Crippen LogP contribution is 2.20. The molecule has 1 N–H and O–H groups in total. The zero-order valence-corrected chi connectivity index (χ0v) is 12.8. The third kappa shape index (κ3) is 3.94. The van der Waals surface area contributed by atoms with E-state index in [1.165, 1.54) is 0 Å². The molecule has 1 saturated heterocycles. The van der Waals surface area contributed by atoms with Crippen LogP contribution in [0.3, 0.4) is 0 Å².